The number of rotatable bonds is 5. The third-order valence-corrected chi connectivity index (χ3v) is 3.02. The second-order valence-corrected chi connectivity index (χ2v) is 5.05. The van der Waals surface area contributed by atoms with Gasteiger partial charge in [-0.15, -0.1) is 0 Å². The summed E-state index contributed by atoms with van der Waals surface area (Å²) in [5.41, 5.74) is 0. The number of unbranched alkanes of at least 4 members (excludes halogenated alkanes) is 1. The highest BCUT2D eigenvalue weighted by atomic mass is 16.6. The molecule has 0 N–H and O–H groups in total. The van der Waals surface area contributed by atoms with Gasteiger partial charge in [-0.1, -0.05) is 20.3 Å². The Morgan fingerprint density at radius 2 is 1.88 bits per heavy atom. The van der Waals surface area contributed by atoms with Crippen LogP contribution in [-0.2, 0) is 4.74 Å². The quantitative estimate of drug-likeness (QED) is 0.673. The van der Waals surface area contributed by atoms with Gasteiger partial charge in [0.2, 0.25) is 0 Å². The molecule has 1 aliphatic rings. The van der Waals surface area contributed by atoms with E-state index in [9.17, 15) is 4.79 Å². The molecule has 1 aliphatic heterocycles. The molecule has 1 rings (SSSR count). The average Bonchev–Trinajstić information content (AvgIpc) is 2.29. The van der Waals surface area contributed by atoms with Crippen LogP contribution in [0.25, 0.3) is 0 Å². The minimum atomic E-state index is -0.107. The smallest absolute Gasteiger partial charge is 0.409 e. The zero-order valence-electron chi connectivity index (χ0n) is 10.7. The predicted octanol–water partition coefficient (Wildman–Crippen LogP) is 3.44. The van der Waals surface area contributed by atoms with E-state index in [1.54, 1.807) is 0 Å². The van der Waals surface area contributed by atoms with E-state index in [4.69, 9.17) is 4.74 Å². The molecule has 0 unspecified atom stereocenters. The Kier molecular flexibility index (Phi) is 6.27. The van der Waals surface area contributed by atoms with E-state index in [2.05, 4.69) is 13.8 Å². The second-order valence-electron chi connectivity index (χ2n) is 5.05. The zero-order valence-corrected chi connectivity index (χ0v) is 10.7. The van der Waals surface area contributed by atoms with E-state index < -0.39 is 0 Å². The van der Waals surface area contributed by atoms with Crippen LogP contribution in [0.5, 0.6) is 0 Å². The fraction of sp³-hybridized carbons (Fsp3) is 0.923. The summed E-state index contributed by atoms with van der Waals surface area (Å²) in [4.78, 5) is 13.4. The van der Waals surface area contributed by atoms with Crippen molar-refractivity contribution >= 4 is 6.09 Å². The Balaban J connectivity index is 2.01. The number of hydrogen-bond acceptors (Lipinski definition) is 2. The summed E-state index contributed by atoms with van der Waals surface area (Å²) in [6.07, 6.45) is 6.77. The normalized spacial score (nSPS) is 16.6. The van der Waals surface area contributed by atoms with Crippen LogP contribution in [0.15, 0.2) is 0 Å². The summed E-state index contributed by atoms with van der Waals surface area (Å²) >= 11 is 0. The van der Waals surface area contributed by atoms with Crippen LogP contribution >= 0.6 is 0 Å². The van der Waals surface area contributed by atoms with Gasteiger partial charge in [-0.05, 0) is 38.0 Å². The lowest BCUT2D eigenvalue weighted by molar-refractivity contribution is 0.0934. The van der Waals surface area contributed by atoms with Crippen LogP contribution < -0.4 is 0 Å². The molecular weight excluding hydrogens is 202 g/mol. The number of nitrogens with zero attached hydrogens (tertiary/aromatic N) is 1. The van der Waals surface area contributed by atoms with Crippen LogP contribution in [-0.4, -0.2) is 30.7 Å². The fourth-order valence-electron chi connectivity index (χ4n) is 1.98. The third-order valence-electron chi connectivity index (χ3n) is 3.02. The van der Waals surface area contributed by atoms with E-state index in [1.165, 1.54) is 12.8 Å². The van der Waals surface area contributed by atoms with Gasteiger partial charge in [0.1, 0.15) is 0 Å². The highest BCUT2D eigenvalue weighted by Gasteiger charge is 2.16. The van der Waals surface area contributed by atoms with Crippen molar-refractivity contribution in [2.24, 2.45) is 5.92 Å². The van der Waals surface area contributed by atoms with Crippen molar-refractivity contribution in [2.75, 3.05) is 19.7 Å². The standard InChI is InChI=1S/C13H25NO2/c1-12(2)8-4-7-11-16-13(15)14-9-5-3-6-10-14/h12H,3-11H2,1-2H3. The van der Waals surface area contributed by atoms with E-state index in [-0.39, 0.29) is 6.09 Å². The molecule has 16 heavy (non-hydrogen) atoms. The highest BCUT2D eigenvalue weighted by molar-refractivity contribution is 5.67. The third kappa shape index (κ3) is 5.38. The average molecular weight is 227 g/mol. The Labute approximate surface area is 99.1 Å². The van der Waals surface area contributed by atoms with Gasteiger partial charge >= 0.3 is 6.09 Å². The summed E-state index contributed by atoms with van der Waals surface area (Å²) in [6.45, 7) is 6.79. The molecule has 94 valence electrons. The number of likely N-dealkylation sites (tertiary alicyclic amines) is 1. The maximum atomic E-state index is 11.6. The monoisotopic (exact) mass is 227 g/mol. The van der Waals surface area contributed by atoms with Crippen molar-refractivity contribution in [1.29, 1.82) is 0 Å². The maximum Gasteiger partial charge on any atom is 0.409 e. The number of piperidine rings is 1. The molecule has 0 aromatic rings. The molecule has 3 heteroatoms. The van der Waals surface area contributed by atoms with E-state index in [0.29, 0.717) is 6.61 Å². The summed E-state index contributed by atoms with van der Waals surface area (Å²) in [5.74, 6) is 0.748. The van der Waals surface area contributed by atoms with Crippen molar-refractivity contribution in [3.8, 4) is 0 Å². The van der Waals surface area contributed by atoms with E-state index >= 15 is 0 Å². The molecule has 3 nitrogen and oxygen atoms in total. The zero-order chi connectivity index (χ0) is 11.8. The van der Waals surface area contributed by atoms with Crippen molar-refractivity contribution in [3.05, 3.63) is 0 Å². The number of hydrogen-bond donors (Lipinski definition) is 0. The first-order chi connectivity index (χ1) is 7.70. The summed E-state index contributed by atoms with van der Waals surface area (Å²) in [5, 5.41) is 0. The van der Waals surface area contributed by atoms with Crippen LogP contribution in [0.3, 0.4) is 0 Å². The Morgan fingerprint density at radius 3 is 2.50 bits per heavy atom. The molecular formula is C13H25NO2. The first-order valence-corrected chi connectivity index (χ1v) is 6.62. The number of carbonyl (C=O) groups excluding carboxylic acids is 1. The molecule has 0 atom stereocenters. The fourth-order valence-corrected chi connectivity index (χ4v) is 1.98. The summed E-state index contributed by atoms with van der Waals surface area (Å²) in [6, 6.07) is 0. The predicted molar refractivity (Wildman–Crippen MR) is 65.5 cm³/mol. The molecule has 1 heterocycles. The summed E-state index contributed by atoms with van der Waals surface area (Å²) in [7, 11) is 0. The SMILES string of the molecule is CC(C)CCCCOC(=O)N1CCCCC1. The van der Waals surface area contributed by atoms with E-state index in [0.717, 1.165) is 44.7 Å². The van der Waals surface area contributed by atoms with Gasteiger partial charge in [-0.25, -0.2) is 4.79 Å². The Morgan fingerprint density at radius 1 is 1.19 bits per heavy atom. The van der Waals surface area contributed by atoms with Crippen molar-refractivity contribution in [3.63, 3.8) is 0 Å². The van der Waals surface area contributed by atoms with Gasteiger partial charge in [0.15, 0.2) is 0 Å². The van der Waals surface area contributed by atoms with Gasteiger partial charge in [0.05, 0.1) is 6.61 Å². The molecule has 0 saturated carbocycles. The highest BCUT2D eigenvalue weighted by Crippen LogP contribution is 2.10. The maximum absolute atomic E-state index is 11.6. The molecule has 1 saturated heterocycles. The molecule has 0 bridgehead atoms. The minimum absolute atomic E-state index is 0.107. The summed E-state index contributed by atoms with van der Waals surface area (Å²) < 4.78 is 5.25. The molecule has 0 aromatic carbocycles. The molecule has 0 radical (unpaired) electrons. The molecule has 1 amide bonds. The number of carbonyl (C=O) groups is 1. The second kappa shape index (κ2) is 7.53. The number of ether oxygens (including phenoxy) is 1. The lowest BCUT2D eigenvalue weighted by atomic mass is 10.1. The van der Waals surface area contributed by atoms with Crippen LogP contribution in [0.4, 0.5) is 4.79 Å². The topological polar surface area (TPSA) is 29.5 Å². The lowest BCUT2D eigenvalue weighted by Crippen LogP contribution is -2.36. The Hall–Kier alpha value is -0.730. The van der Waals surface area contributed by atoms with Crippen LogP contribution in [0, 0.1) is 5.92 Å². The first-order valence-electron chi connectivity index (χ1n) is 6.62. The van der Waals surface area contributed by atoms with Crippen molar-refractivity contribution in [2.45, 2.75) is 52.4 Å². The van der Waals surface area contributed by atoms with Crippen molar-refractivity contribution < 1.29 is 9.53 Å². The van der Waals surface area contributed by atoms with E-state index in [1.807, 2.05) is 4.90 Å². The minimum Gasteiger partial charge on any atom is -0.449 e. The van der Waals surface area contributed by atoms with Gasteiger partial charge in [-0.3, -0.25) is 0 Å². The lowest BCUT2D eigenvalue weighted by Gasteiger charge is -2.25. The van der Waals surface area contributed by atoms with Crippen molar-refractivity contribution in [1.82, 2.24) is 4.90 Å². The number of amides is 1. The van der Waals surface area contributed by atoms with Crippen LogP contribution in [0.1, 0.15) is 52.4 Å². The van der Waals surface area contributed by atoms with Gasteiger partial charge in [-0.2, -0.15) is 0 Å². The Bertz CT molecular complexity index is 198. The largest absolute Gasteiger partial charge is 0.449 e. The first kappa shape index (κ1) is 13.3. The van der Waals surface area contributed by atoms with Gasteiger partial charge < -0.3 is 9.64 Å². The molecule has 0 aliphatic carbocycles. The van der Waals surface area contributed by atoms with Gasteiger partial charge in [0.25, 0.3) is 0 Å². The molecule has 0 spiro atoms. The van der Waals surface area contributed by atoms with Gasteiger partial charge in [0, 0.05) is 13.1 Å². The molecule has 0 aromatic heterocycles. The molecule has 1 fully saturated rings. The van der Waals surface area contributed by atoms with Crippen LogP contribution in [0.2, 0.25) is 0 Å².